The first-order valence-corrected chi connectivity index (χ1v) is 9.04. The van der Waals surface area contributed by atoms with Crippen molar-refractivity contribution in [1.29, 1.82) is 0 Å². The second-order valence-electron chi connectivity index (χ2n) is 6.47. The molecule has 1 atom stereocenters. The SMILES string of the molecule is Clc1ccc(-c2noc(C3CCCN(c4ccc5nnnn5n4)C3)n2)cc1. The van der Waals surface area contributed by atoms with Crippen LogP contribution in [0, 0.1) is 0 Å². The zero-order valence-electron chi connectivity index (χ0n) is 14.2. The van der Waals surface area contributed by atoms with Gasteiger partial charge in [-0.1, -0.05) is 16.8 Å². The van der Waals surface area contributed by atoms with Gasteiger partial charge in [0.15, 0.2) is 11.5 Å². The van der Waals surface area contributed by atoms with Crippen LogP contribution in [0.3, 0.4) is 0 Å². The van der Waals surface area contributed by atoms with Crippen molar-refractivity contribution in [3.63, 3.8) is 0 Å². The van der Waals surface area contributed by atoms with Gasteiger partial charge >= 0.3 is 0 Å². The molecule has 1 unspecified atom stereocenters. The molecule has 3 aromatic heterocycles. The summed E-state index contributed by atoms with van der Waals surface area (Å²) in [5.41, 5.74) is 1.50. The van der Waals surface area contributed by atoms with E-state index in [0.717, 1.165) is 37.3 Å². The molecule has 136 valence electrons. The Hall–Kier alpha value is -3.07. The van der Waals surface area contributed by atoms with E-state index in [1.807, 2.05) is 36.4 Å². The minimum atomic E-state index is 0.152. The molecule has 0 aliphatic carbocycles. The lowest BCUT2D eigenvalue weighted by atomic mass is 9.98. The molecule has 1 saturated heterocycles. The van der Waals surface area contributed by atoms with Crippen molar-refractivity contribution >= 4 is 23.1 Å². The minimum Gasteiger partial charge on any atom is -0.354 e. The van der Waals surface area contributed by atoms with E-state index in [0.29, 0.717) is 22.4 Å². The zero-order chi connectivity index (χ0) is 18.2. The number of halogens is 1. The molecule has 1 aromatic carbocycles. The highest BCUT2D eigenvalue weighted by molar-refractivity contribution is 6.30. The minimum absolute atomic E-state index is 0.152. The lowest BCUT2D eigenvalue weighted by Crippen LogP contribution is -2.35. The fourth-order valence-electron chi connectivity index (χ4n) is 3.31. The van der Waals surface area contributed by atoms with Crippen molar-refractivity contribution in [2.45, 2.75) is 18.8 Å². The average molecular weight is 383 g/mol. The molecule has 0 radical (unpaired) electrons. The lowest BCUT2D eigenvalue weighted by molar-refractivity contribution is 0.333. The topological polar surface area (TPSA) is 98.1 Å². The summed E-state index contributed by atoms with van der Waals surface area (Å²) < 4.78 is 6.99. The van der Waals surface area contributed by atoms with Crippen LogP contribution in [0.4, 0.5) is 5.82 Å². The van der Waals surface area contributed by atoms with Gasteiger partial charge in [0.1, 0.15) is 0 Å². The number of hydrogen-bond acceptors (Lipinski definition) is 8. The molecular weight excluding hydrogens is 368 g/mol. The van der Waals surface area contributed by atoms with Crippen LogP contribution in [0.5, 0.6) is 0 Å². The summed E-state index contributed by atoms with van der Waals surface area (Å²) in [5.74, 6) is 2.20. The van der Waals surface area contributed by atoms with Gasteiger partial charge in [0.2, 0.25) is 11.7 Å². The standard InChI is InChI=1S/C17H15ClN8O/c18-13-5-3-11(4-6-13)16-19-17(27-22-16)12-2-1-9-25(10-12)15-8-7-14-20-23-24-26(14)21-15/h3-8,12H,1-2,9-10H2. The molecule has 9 nitrogen and oxygen atoms in total. The normalized spacial score (nSPS) is 17.5. The summed E-state index contributed by atoms with van der Waals surface area (Å²) in [6, 6.07) is 11.2. The van der Waals surface area contributed by atoms with Gasteiger partial charge in [-0.05, 0) is 59.7 Å². The Morgan fingerprint density at radius 1 is 1.11 bits per heavy atom. The van der Waals surface area contributed by atoms with Crippen molar-refractivity contribution in [3.05, 3.63) is 47.3 Å². The van der Waals surface area contributed by atoms with E-state index in [1.54, 1.807) is 0 Å². The molecule has 0 spiro atoms. The van der Waals surface area contributed by atoms with Gasteiger partial charge < -0.3 is 9.42 Å². The molecule has 1 aliphatic rings. The Morgan fingerprint density at radius 2 is 2.00 bits per heavy atom. The van der Waals surface area contributed by atoms with Gasteiger partial charge in [0.05, 0.1) is 5.92 Å². The highest BCUT2D eigenvalue weighted by Gasteiger charge is 2.27. The first-order valence-electron chi connectivity index (χ1n) is 8.66. The molecule has 4 heterocycles. The Kier molecular flexibility index (Phi) is 3.93. The van der Waals surface area contributed by atoms with Crippen LogP contribution < -0.4 is 4.90 Å². The van der Waals surface area contributed by atoms with Gasteiger partial charge in [-0.15, -0.1) is 14.8 Å². The van der Waals surface area contributed by atoms with Crippen molar-refractivity contribution in [1.82, 2.24) is 35.4 Å². The number of fused-ring (bicyclic) bond motifs is 1. The zero-order valence-corrected chi connectivity index (χ0v) is 15.0. The maximum Gasteiger partial charge on any atom is 0.231 e. The predicted molar refractivity (Wildman–Crippen MR) is 97.5 cm³/mol. The van der Waals surface area contributed by atoms with E-state index in [2.05, 4.69) is 35.7 Å². The van der Waals surface area contributed by atoms with Crippen LogP contribution in [-0.2, 0) is 0 Å². The Morgan fingerprint density at radius 3 is 2.89 bits per heavy atom. The quantitative estimate of drug-likeness (QED) is 0.533. The third-order valence-corrected chi connectivity index (χ3v) is 4.95. The molecule has 1 aliphatic heterocycles. The van der Waals surface area contributed by atoms with Crippen molar-refractivity contribution in [2.24, 2.45) is 0 Å². The second-order valence-corrected chi connectivity index (χ2v) is 6.90. The van der Waals surface area contributed by atoms with E-state index >= 15 is 0 Å². The van der Waals surface area contributed by atoms with Crippen LogP contribution in [0.25, 0.3) is 17.0 Å². The average Bonchev–Trinajstić information content (AvgIpc) is 3.38. The largest absolute Gasteiger partial charge is 0.354 e. The number of rotatable bonds is 3. The number of anilines is 1. The Balaban J connectivity index is 1.37. The first-order chi connectivity index (χ1) is 13.3. The van der Waals surface area contributed by atoms with E-state index in [1.165, 1.54) is 4.63 Å². The van der Waals surface area contributed by atoms with Gasteiger partial charge in [-0.2, -0.15) is 4.98 Å². The highest BCUT2D eigenvalue weighted by atomic mass is 35.5. The van der Waals surface area contributed by atoms with Crippen LogP contribution in [-0.4, -0.2) is 48.5 Å². The second kappa shape index (κ2) is 6.58. The molecule has 0 bridgehead atoms. The number of hydrogen-bond donors (Lipinski definition) is 0. The summed E-state index contributed by atoms with van der Waals surface area (Å²) in [5, 5.41) is 20.7. The number of piperidine rings is 1. The molecule has 10 heteroatoms. The fraction of sp³-hybridized carbons (Fsp3) is 0.294. The molecule has 5 rings (SSSR count). The number of nitrogens with zero attached hydrogens (tertiary/aromatic N) is 8. The van der Waals surface area contributed by atoms with Gasteiger partial charge in [-0.25, -0.2) is 0 Å². The van der Waals surface area contributed by atoms with Gasteiger partial charge in [0.25, 0.3) is 0 Å². The molecule has 27 heavy (non-hydrogen) atoms. The first kappa shape index (κ1) is 16.1. The maximum absolute atomic E-state index is 5.94. The monoisotopic (exact) mass is 382 g/mol. The summed E-state index contributed by atoms with van der Waals surface area (Å²) in [4.78, 5) is 6.79. The molecule has 1 fully saturated rings. The van der Waals surface area contributed by atoms with E-state index in [9.17, 15) is 0 Å². The fourth-order valence-corrected chi connectivity index (χ4v) is 3.44. The predicted octanol–water partition coefficient (Wildman–Crippen LogP) is 2.61. The van der Waals surface area contributed by atoms with Gasteiger partial charge in [-0.3, -0.25) is 0 Å². The van der Waals surface area contributed by atoms with Crippen molar-refractivity contribution < 1.29 is 4.52 Å². The summed E-state index contributed by atoms with van der Waals surface area (Å²) in [6.45, 7) is 1.66. The number of aromatic nitrogens is 7. The third-order valence-electron chi connectivity index (χ3n) is 4.69. The Bertz CT molecular complexity index is 1080. The number of tetrazole rings is 1. The van der Waals surface area contributed by atoms with Gasteiger partial charge in [0, 0.05) is 23.7 Å². The van der Waals surface area contributed by atoms with Crippen molar-refractivity contribution in [3.8, 4) is 11.4 Å². The maximum atomic E-state index is 5.94. The Labute approximate surface area is 158 Å². The van der Waals surface area contributed by atoms with Crippen molar-refractivity contribution in [2.75, 3.05) is 18.0 Å². The van der Waals surface area contributed by atoms with Crippen LogP contribution in [0.1, 0.15) is 24.7 Å². The molecule has 4 aromatic rings. The van der Waals surface area contributed by atoms with E-state index < -0.39 is 0 Å². The third kappa shape index (κ3) is 3.10. The van der Waals surface area contributed by atoms with E-state index in [4.69, 9.17) is 16.1 Å². The number of benzene rings is 1. The lowest BCUT2D eigenvalue weighted by Gasteiger charge is -2.31. The smallest absolute Gasteiger partial charge is 0.231 e. The molecular formula is C17H15ClN8O. The van der Waals surface area contributed by atoms with Crippen LogP contribution in [0.15, 0.2) is 40.9 Å². The molecule has 0 saturated carbocycles. The summed E-state index contributed by atoms with van der Waals surface area (Å²) >= 11 is 5.94. The summed E-state index contributed by atoms with van der Waals surface area (Å²) in [6.07, 6.45) is 2.00. The molecule has 0 N–H and O–H groups in total. The molecule has 0 amide bonds. The highest BCUT2D eigenvalue weighted by Crippen LogP contribution is 2.29. The van der Waals surface area contributed by atoms with E-state index in [-0.39, 0.29) is 5.92 Å². The summed E-state index contributed by atoms with van der Waals surface area (Å²) in [7, 11) is 0. The van der Waals surface area contributed by atoms with Crippen LogP contribution >= 0.6 is 11.6 Å². The van der Waals surface area contributed by atoms with Crippen LogP contribution in [0.2, 0.25) is 5.02 Å².